The van der Waals surface area contributed by atoms with Gasteiger partial charge in [0, 0.05) is 11.0 Å². The van der Waals surface area contributed by atoms with E-state index in [0.29, 0.717) is 10.6 Å². The summed E-state index contributed by atoms with van der Waals surface area (Å²) in [6.07, 6.45) is 8.86. The van der Waals surface area contributed by atoms with E-state index >= 15 is 0 Å². The predicted octanol–water partition coefficient (Wildman–Crippen LogP) is 1.95. The maximum Gasteiger partial charge on any atom is 0.331 e. The van der Waals surface area contributed by atoms with Gasteiger partial charge < -0.3 is 15.8 Å². The zero-order valence-corrected chi connectivity index (χ0v) is 13.6. The predicted molar refractivity (Wildman–Crippen MR) is 88.4 cm³/mol. The van der Waals surface area contributed by atoms with Crippen LogP contribution in [-0.2, 0) is 27.2 Å². The molecule has 7 heteroatoms. The van der Waals surface area contributed by atoms with E-state index in [1.54, 1.807) is 12.2 Å². The Labute approximate surface area is 138 Å². The molecule has 1 aromatic heterocycles. The lowest BCUT2D eigenvalue weighted by atomic mass is 10.1. The summed E-state index contributed by atoms with van der Waals surface area (Å²) in [6.45, 7) is 1.40. The maximum absolute atomic E-state index is 11.9. The number of rotatable bonds is 6. The molecule has 0 radical (unpaired) electrons. The van der Waals surface area contributed by atoms with Crippen LogP contribution < -0.4 is 11.1 Å². The smallest absolute Gasteiger partial charge is 0.331 e. The molecule has 0 aromatic carbocycles. The fourth-order valence-corrected chi connectivity index (χ4v) is 3.66. The zero-order chi connectivity index (χ0) is 16.8. The highest BCUT2D eigenvalue weighted by Crippen LogP contribution is 2.38. The number of carbonyl (C=O) groups is 3. The number of hydrogen-bond donors (Lipinski definition) is 2. The van der Waals surface area contributed by atoms with Crippen molar-refractivity contribution in [3.63, 3.8) is 0 Å². The minimum Gasteiger partial charge on any atom is -0.452 e. The van der Waals surface area contributed by atoms with Gasteiger partial charge in [0.2, 0.25) is 0 Å². The fraction of sp³-hybridized carbons (Fsp3) is 0.312. The molecule has 0 aliphatic heterocycles. The first kappa shape index (κ1) is 17.0. The fourth-order valence-electron chi connectivity index (χ4n) is 2.35. The van der Waals surface area contributed by atoms with Crippen LogP contribution in [0.3, 0.4) is 0 Å². The van der Waals surface area contributed by atoms with E-state index in [-0.39, 0.29) is 0 Å². The van der Waals surface area contributed by atoms with Gasteiger partial charge in [-0.25, -0.2) is 4.79 Å². The molecular formula is C16H18N2O4S. The third kappa shape index (κ3) is 4.29. The molecule has 1 aliphatic rings. The molecule has 2 rings (SSSR count). The Balaban J connectivity index is 1.96. The quantitative estimate of drug-likeness (QED) is 0.472. The van der Waals surface area contributed by atoms with Crippen molar-refractivity contribution in [1.29, 1.82) is 0 Å². The largest absolute Gasteiger partial charge is 0.452 e. The van der Waals surface area contributed by atoms with Gasteiger partial charge in [0.25, 0.3) is 11.8 Å². The van der Waals surface area contributed by atoms with Gasteiger partial charge in [0.15, 0.2) is 6.61 Å². The number of amides is 2. The monoisotopic (exact) mass is 334 g/mol. The summed E-state index contributed by atoms with van der Waals surface area (Å²) >= 11 is 1.36. The lowest BCUT2D eigenvalue weighted by molar-refractivity contribution is -0.142. The standard InChI is InChI=1S/C16H18N2O4S/c1-2-3-4-8-13(20)22-9-12(19)18-16-14(15(17)21)10-6-5-7-11(10)23-16/h2-4,8H,5-7,9H2,1H3,(H2,17,21)(H,18,19). The first-order valence-electron chi connectivity index (χ1n) is 7.23. The van der Waals surface area contributed by atoms with Gasteiger partial charge in [-0.15, -0.1) is 11.3 Å². The topological polar surface area (TPSA) is 98.5 Å². The number of nitrogens with two attached hydrogens (primary N) is 1. The van der Waals surface area contributed by atoms with E-state index in [0.717, 1.165) is 29.7 Å². The number of primary amides is 1. The van der Waals surface area contributed by atoms with Gasteiger partial charge in [-0.05, 0) is 31.7 Å². The molecule has 3 N–H and O–H groups in total. The van der Waals surface area contributed by atoms with E-state index in [9.17, 15) is 14.4 Å². The van der Waals surface area contributed by atoms with Crippen molar-refractivity contribution in [3.8, 4) is 0 Å². The molecule has 6 nitrogen and oxygen atoms in total. The number of nitrogens with one attached hydrogen (secondary N) is 1. The summed E-state index contributed by atoms with van der Waals surface area (Å²) in [5, 5.41) is 3.05. The Morgan fingerprint density at radius 3 is 2.78 bits per heavy atom. The van der Waals surface area contributed by atoms with Crippen LogP contribution in [-0.4, -0.2) is 24.4 Å². The van der Waals surface area contributed by atoms with Crippen molar-refractivity contribution >= 4 is 34.1 Å². The molecule has 122 valence electrons. The Bertz CT molecular complexity index is 688. The molecule has 0 unspecified atom stereocenters. The second-order valence-corrected chi connectivity index (χ2v) is 6.07. The summed E-state index contributed by atoms with van der Waals surface area (Å²) in [5.74, 6) is -1.66. The van der Waals surface area contributed by atoms with Crippen LogP contribution in [0.25, 0.3) is 0 Å². The first-order chi connectivity index (χ1) is 11.0. The van der Waals surface area contributed by atoms with Crippen molar-refractivity contribution < 1.29 is 19.1 Å². The number of allylic oxidation sites excluding steroid dienone is 3. The first-order valence-corrected chi connectivity index (χ1v) is 8.05. The molecule has 23 heavy (non-hydrogen) atoms. The highest BCUT2D eigenvalue weighted by atomic mass is 32.1. The molecule has 1 heterocycles. The van der Waals surface area contributed by atoms with Gasteiger partial charge >= 0.3 is 5.97 Å². The molecule has 0 bridgehead atoms. The average Bonchev–Trinajstić information content (AvgIpc) is 3.05. The third-order valence-corrected chi connectivity index (χ3v) is 4.51. The van der Waals surface area contributed by atoms with Crippen LogP contribution in [0.4, 0.5) is 5.00 Å². The van der Waals surface area contributed by atoms with Crippen molar-refractivity contribution in [1.82, 2.24) is 0 Å². The lowest BCUT2D eigenvalue weighted by Crippen LogP contribution is -2.22. The second kappa shape index (κ2) is 7.73. The number of aryl methyl sites for hydroxylation is 1. The Morgan fingerprint density at radius 1 is 1.30 bits per heavy atom. The third-order valence-electron chi connectivity index (χ3n) is 3.30. The number of fused-ring (bicyclic) bond motifs is 1. The van der Waals surface area contributed by atoms with Crippen molar-refractivity contribution in [2.45, 2.75) is 26.2 Å². The number of ether oxygens (including phenoxy) is 1. The number of hydrogen-bond acceptors (Lipinski definition) is 5. The minimum atomic E-state index is -0.609. The average molecular weight is 334 g/mol. The Kier molecular flexibility index (Phi) is 5.70. The van der Waals surface area contributed by atoms with Crippen LogP contribution in [0.15, 0.2) is 24.3 Å². The molecular weight excluding hydrogens is 316 g/mol. The van der Waals surface area contributed by atoms with Crippen LogP contribution >= 0.6 is 11.3 Å². The normalized spacial score (nSPS) is 13.4. The summed E-state index contributed by atoms with van der Waals surface area (Å²) in [5.41, 5.74) is 6.73. The lowest BCUT2D eigenvalue weighted by Gasteiger charge is -2.06. The summed E-state index contributed by atoms with van der Waals surface area (Å²) < 4.78 is 4.82. The van der Waals surface area contributed by atoms with Gasteiger partial charge in [-0.3, -0.25) is 9.59 Å². The maximum atomic E-state index is 11.9. The van der Waals surface area contributed by atoms with E-state index in [4.69, 9.17) is 10.5 Å². The van der Waals surface area contributed by atoms with E-state index in [1.165, 1.54) is 23.5 Å². The molecule has 0 atom stereocenters. The van der Waals surface area contributed by atoms with Crippen LogP contribution in [0.5, 0.6) is 0 Å². The van der Waals surface area contributed by atoms with Crippen molar-refractivity contribution in [3.05, 3.63) is 40.3 Å². The SMILES string of the molecule is CC=CC=CC(=O)OCC(=O)Nc1sc2c(c1C(N)=O)CCC2. The van der Waals surface area contributed by atoms with Gasteiger partial charge in [-0.1, -0.05) is 18.2 Å². The Morgan fingerprint density at radius 2 is 2.09 bits per heavy atom. The van der Waals surface area contributed by atoms with Gasteiger partial charge in [-0.2, -0.15) is 0 Å². The van der Waals surface area contributed by atoms with E-state index in [1.807, 2.05) is 6.92 Å². The molecule has 2 amide bonds. The highest BCUT2D eigenvalue weighted by molar-refractivity contribution is 7.17. The zero-order valence-electron chi connectivity index (χ0n) is 12.8. The highest BCUT2D eigenvalue weighted by Gasteiger charge is 2.26. The summed E-state index contributed by atoms with van der Waals surface area (Å²) in [6, 6.07) is 0. The van der Waals surface area contributed by atoms with E-state index in [2.05, 4.69) is 5.32 Å². The van der Waals surface area contributed by atoms with Crippen LogP contribution in [0, 0.1) is 0 Å². The van der Waals surface area contributed by atoms with Crippen molar-refractivity contribution in [2.24, 2.45) is 5.73 Å². The number of esters is 1. The number of anilines is 1. The Hall–Kier alpha value is -2.41. The summed E-state index contributed by atoms with van der Waals surface area (Å²) in [7, 11) is 0. The number of thiophene rings is 1. The van der Waals surface area contributed by atoms with Gasteiger partial charge in [0.1, 0.15) is 5.00 Å². The molecule has 0 spiro atoms. The molecule has 0 saturated heterocycles. The van der Waals surface area contributed by atoms with Crippen LogP contribution in [0.2, 0.25) is 0 Å². The van der Waals surface area contributed by atoms with Crippen LogP contribution in [0.1, 0.15) is 34.1 Å². The van der Waals surface area contributed by atoms with Crippen molar-refractivity contribution in [2.75, 3.05) is 11.9 Å². The molecule has 0 saturated carbocycles. The summed E-state index contributed by atoms with van der Waals surface area (Å²) in [4.78, 5) is 35.9. The number of carbonyl (C=O) groups excluding carboxylic acids is 3. The molecule has 1 aliphatic carbocycles. The molecule has 0 fully saturated rings. The van der Waals surface area contributed by atoms with E-state index < -0.39 is 24.4 Å². The molecule has 1 aromatic rings. The van der Waals surface area contributed by atoms with Gasteiger partial charge in [0.05, 0.1) is 5.56 Å². The second-order valence-electron chi connectivity index (χ2n) is 4.97. The minimum absolute atomic E-state index is 0.384.